The van der Waals surface area contributed by atoms with Crippen molar-refractivity contribution in [3.63, 3.8) is 0 Å². The first-order valence-electron chi connectivity index (χ1n) is 10.8. The second-order valence-corrected chi connectivity index (χ2v) is 8.17. The summed E-state index contributed by atoms with van der Waals surface area (Å²) in [5.41, 5.74) is 2.96. The smallest absolute Gasteiger partial charge is 0.271 e. The van der Waals surface area contributed by atoms with Crippen LogP contribution in [0.2, 0.25) is 0 Å². The number of nitrogens with one attached hydrogen (secondary N) is 1. The van der Waals surface area contributed by atoms with E-state index in [1.54, 1.807) is 17.9 Å². The highest BCUT2D eigenvalue weighted by atomic mass is 16.2. The van der Waals surface area contributed by atoms with Crippen molar-refractivity contribution in [3.05, 3.63) is 59.7 Å². The molecule has 0 aliphatic carbocycles. The number of aromatic nitrogens is 4. The van der Waals surface area contributed by atoms with Gasteiger partial charge in [0.1, 0.15) is 11.5 Å². The number of fused-ring (bicyclic) bond motifs is 3. The summed E-state index contributed by atoms with van der Waals surface area (Å²) in [6.45, 7) is 3.36. The Morgan fingerprint density at radius 1 is 1.16 bits per heavy atom. The Hall–Kier alpha value is -3.42. The lowest BCUT2D eigenvalue weighted by atomic mass is 10.1. The van der Waals surface area contributed by atoms with E-state index in [-0.39, 0.29) is 23.9 Å². The van der Waals surface area contributed by atoms with Gasteiger partial charge in [0.05, 0.1) is 23.5 Å². The summed E-state index contributed by atoms with van der Waals surface area (Å²) in [4.78, 5) is 32.8. The van der Waals surface area contributed by atoms with Gasteiger partial charge in [-0.1, -0.05) is 30.3 Å². The van der Waals surface area contributed by atoms with Crippen LogP contribution < -0.4 is 5.32 Å². The molecule has 4 heterocycles. The predicted octanol–water partition coefficient (Wildman–Crippen LogP) is 2.36. The van der Waals surface area contributed by atoms with E-state index >= 15 is 0 Å². The van der Waals surface area contributed by atoms with Gasteiger partial charge in [-0.25, -0.2) is 4.98 Å². The summed E-state index contributed by atoms with van der Waals surface area (Å²) < 4.78 is 3.93. The highest BCUT2D eigenvalue weighted by molar-refractivity contribution is 5.95. The fourth-order valence-corrected chi connectivity index (χ4v) is 4.90. The van der Waals surface area contributed by atoms with E-state index in [1.165, 1.54) is 0 Å². The summed E-state index contributed by atoms with van der Waals surface area (Å²) >= 11 is 0. The number of rotatable bonds is 4. The molecule has 5 rings (SSSR count). The lowest BCUT2D eigenvalue weighted by Crippen LogP contribution is -2.42. The molecule has 0 spiro atoms. The first-order chi connectivity index (χ1) is 15.1. The van der Waals surface area contributed by atoms with Crippen LogP contribution >= 0.6 is 0 Å². The number of hydrogen-bond acceptors (Lipinski definition) is 4. The van der Waals surface area contributed by atoms with Gasteiger partial charge in [-0.2, -0.15) is 5.10 Å². The van der Waals surface area contributed by atoms with E-state index < -0.39 is 0 Å². The number of imidazole rings is 1. The number of benzene rings is 1. The van der Waals surface area contributed by atoms with E-state index in [9.17, 15) is 9.59 Å². The zero-order chi connectivity index (χ0) is 21.5. The molecule has 1 aromatic carbocycles. The summed E-state index contributed by atoms with van der Waals surface area (Å²) in [5, 5.41) is 7.00. The molecule has 8 heteroatoms. The normalized spacial score (nSPS) is 19.7. The van der Waals surface area contributed by atoms with Crippen molar-refractivity contribution < 1.29 is 9.59 Å². The van der Waals surface area contributed by atoms with Crippen LogP contribution in [0.4, 0.5) is 0 Å². The standard InChI is InChI=1S/C23H26N6O2/c1-3-27-13-16(12-25-27)23(31)29-17-9-10-18(29)14-28-19(11-17)20(22(30)24-2)26-21(28)15-7-5-4-6-8-15/h4-8,12-13,17-18H,3,9-11,14H2,1-2H3,(H,24,30)/t17-,18+/m0/s1. The van der Waals surface area contributed by atoms with E-state index in [0.717, 1.165) is 36.5 Å². The van der Waals surface area contributed by atoms with Gasteiger partial charge in [-0.3, -0.25) is 14.3 Å². The summed E-state index contributed by atoms with van der Waals surface area (Å²) in [7, 11) is 1.63. The van der Waals surface area contributed by atoms with Crippen LogP contribution in [0.3, 0.4) is 0 Å². The molecule has 1 fully saturated rings. The van der Waals surface area contributed by atoms with Crippen LogP contribution in [-0.2, 0) is 19.5 Å². The van der Waals surface area contributed by atoms with Crippen LogP contribution in [-0.4, -0.2) is 55.2 Å². The van der Waals surface area contributed by atoms with Gasteiger partial charge in [0, 0.05) is 44.4 Å². The molecule has 2 amide bonds. The van der Waals surface area contributed by atoms with Crippen LogP contribution in [0.25, 0.3) is 11.4 Å². The van der Waals surface area contributed by atoms with E-state index in [4.69, 9.17) is 4.98 Å². The number of carbonyl (C=O) groups is 2. The minimum Gasteiger partial charge on any atom is -0.354 e. The molecule has 0 saturated carbocycles. The van der Waals surface area contributed by atoms with Gasteiger partial charge in [-0.15, -0.1) is 0 Å². The number of nitrogens with zero attached hydrogens (tertiary/aromatic N) is 5. The molecular weight excluding hydrogens is 392 g/mol. The van der Waals surface area contributed by atoms with E-state index in [1.807, 2.05) is 48.4 Å². The third kappa shape index (κ3) is 3.22. The van der Waals surface area contributed by atoms with Crippen molar-refractivity contribution in [1.82, 2.24) is 29.5 Å². The number of hydrogen-bond donors (Lipinski definition) is 1. The molecule has 0 radical (unpaired) electrons. The van der Waals surface area contributed by atoms with Crippen molar-refractivity contribution in [3.8, 4) is 11.4 Å². The zero-order valence-electron chi connectivity index (χ0n) is 17.8. The molecule has 2 aliphatic rings. The van der Waals surface area contributed by atoms with Crippen molar-refractivity contribution in [2.75, 3.05) is 7.05 Å². The molecule has 2 atom stereocenters. The predicted molar refractivity (Wildman–Crippen MR) is 116 cm³/mol. The average molecular weight is 419 g/mol. The monoisotopic (exact) mass is 418 g/mol. The third-order valence-corrected chi connectivity index (χ3v) is 6.43. The Kier molecular flexibility index (Phi) is 4.84. The lowest BCUT2D eigenvalue weighted by Gasteiger charge is -2.27. The molecule has 2 bridgehead atoms. The number of carbonyl (C=O) groups excluding carboxylic acids is 2. The van der Waals surface area contributed by atoms with Gasteiger partial charge in [-0.05, 0) is 19.8 Å². The first-order valence-corrected chi connectivity index (χ1v) is 10.8. The van der Waals surface area contributed by atoms with Gasteiger partial charge < -0.3 is 14.8 Å². The zero-order valence-corrected chi connectivity index (χ0v) is 17.8. The highest BCUT2D eigenvalue weighted by Crippen LogP contribution is 2.36. The van der Waals surface area contributed by atoms with Crippen LogP contribution in [0.15, 0.2) is 42.7 Å². The topological polar surface area (TPSA) is 85.0 Å². The Balaban J connectivity index is 1.56. The van der Waals surface area contributed by atoms with Crippen LogP contribution in [0.5, 0.6) is 0 Å². The van der Waals surface area contributed by atoms with Crippen molar-refractivity contribution in [1.29, 1.82) is 0 Å². The molecule has 3 aromatic rings. The SMILES string of the molecule is CCn1cc(C(=O)N2[C@@H]3CC[C@H]2Cc2c(C(=O)NC)nc(-c4ccccc4)n2C3)cn1. The van der Waals surface area contributed by atoms with Crippen molar-refractivity contribution in [2.24, 2.45) is 0 Å². The Labute approximate surface area is 180 Å². The fourth-order valence-electron chi connectivity index (χ4n) is 4.90. The molecular formula is C23H26N6O2. The van der Waals surface area contributed by atoms with Crippen LogP contribution in [0, 0.1) is 0 Å². The minimum absolute atomic E-state index is 0.0219. The van der Waals surface area contributed by atoms with Gasteiger partial charge in [0.15, 0.2) is 0 Å². The van der Waals surface area contributed by atoms with E-state index in [0.29, 0.717) is 24.2 Å². The Morgan fingerprint density at radius 2 is 1.94 bits per heavy atom. The van der Waals surface area contributed by atoms with Gasteiger partial charge >= 0.3 is 0 Å². The maximum absolute atomic E-state index is 13.4. The number of aryl methyl sites for hydroxylation is 1. The molecule has 8 nitrogen and oxygen atoms in total. The Bertz CT molecular complexity index is 1130. The minimum atomic E-state index is -0.189. The molecule has 0 unspecified atom stereocenters. The quantitative estimate of drug-likeness (QED) is 0.705. The van der Waals surface area contributed by atoms with Crippen molar-refractivity contribution >= 4 is 11.8 Å². The molecule has 31 heavy (non-hydrogen) atoms. The second-order valence-electron chi connectivity index (χ2n) is 8.17. The van der Waals surface area contributed by atoms with Crippen LogP contribution in [0.1, 0.15) is 46.3 Å². The first kappa shape index (κ1) is 19.5. The molecule has 1 saturated heterocycles. The van der Waals surface area contributed by atoms with Gasteiger partial charge in [0.25, 0.3) is 11.8 Å². The highest BCUT2D eigenvalue weighted by Gasteiger charge is 2.42. The molecule has 160 valence electrons. The summed E-state index contributed by atoms with van der Waals surface area (Å²) in [6.07, 6.45) is 5.97. The molecule has 2 aliphatic heterocycles. The Morgan fingerprint density at radius 3 is 2.65 bits per heavy atom. The summed E-state index contributed by atoms with van der Waals surface area (Å²) in [5.74, 6) is 0.618. The number of amides is 2. The van der Waals surface area contributed by atoms with E-state index in [2.05, 4.69) is 15.0 Å². The largest absolute Gasteiger partial charge is 0.354 e. The van der Waals surface area contributed by atoms with Gasteiger partial charge in [0.2, 0.25) is 0 Å². The maximum atomic E-state index is 13.4. The molecule has 1 N–H and O–H groups in total. The third-order valence-electron chi connectivity index (χ3n) is 6.43. The lowest BCUT2D eigenvalue weighted by molar-refractivity contribution is 0.0666. The fraction of sp³-hybridized carbons (Fsp3) is 0.391. The maximum Gasteiger partial charge on any atom is 0.271 e. The second kappa shape index (κ2) is 7.68. The molecule has 2 aromatic heterocycles. The average Bonchev–Trinajstić information content (AvgIpc) is 3.49. The van der Waals surface area contributed by atoms with Crippen molar-refractivity contribution in [2.45, 2.75) is 51.4 Å². The summed E-state index contributed by atoms with van der Waals surface area (Å²) in [6, 6.07) is 10.0.